The number of benzene rings is 4. The summed E-state index contributed by atoms with van der Waals surface area (Å²) in [4.78, 5) is 3.53. The van der Waals surface area contributed by atoms with Crippen LogP contribution in [0.3, 0.4) is 0 Å². The van der Waals surface area contributed by atoms with Crippen LogP contribution < -0.4 is 14.2 Å². The van der Waals surface area contributed by atoms with Gasteiger partial charge in [0, 0.05) is 6.07 Å². The van der Waals surface area contributed by atoms with Crippen LogP contribution in [0, 0.1) is 0 Å². The predicted molar refractivity (Wildman–Crippen MR) is 159 cm³/mol. The van der Waals surface area contributed by atoms with E-state index in [4.69, 9.17) is 14.2 Å². The van der Waals surface area contributed by atoms with E-state index in [2.05, 4.69) is 108 Å². The lowest BCUT2D eigenvalue weighted by Gasteiger charge is -2.22. The zero-order valence-electron chi connectivity index (χ0n) is 23.8. The molecule has 0 aliphatic rings. The standard InChI is InChI=1S/C34H39O3S/c1-33(2,3)24-9-12-28(13-10-24)37-31-22-11-25(34(4,5)6)23-32(31)38(29-18-14-26(35-7)15-19-29)30-20-16-27(36-8)17-21-30/h9-23H,1-8H3/q+1. The van der Waals surface area contributed by atoms with E-state index in [1.807, 2.05) is 24.3 Å². The highest BCUT2D eigenvalue weighted by molar-refractivity contribution is 7.97. The van der Waals surface area contributed by atoms with Crippen LogP contribution >= 0.6 is 0 Å². The summed E-state index contributed by atoms with van der Waals surface area (Å²) in [6, 6.07) is 31.8. The van der Waals surface area contributed by atoms with Crippen LogP contribution in [0.25, 0.3) is 0 Å². The quantitative estimate of drug-likeness (QED) is 0.224. The fraction of sp³-hybridized carbons (Fsp3) is 0.294. The van der Waals surface area contributed by atoms with Crippen LogP contribution in [0.2, 0.25) is 0 Å². The molecule has 3 nitrogen and oxygen atoms in total. The molecule has 0 aliphatic carbocycles. The minimum absolute atomic E-state index is 0.00349. The molecule has 0 N–H and O–H groups in total. The predicted octanol–water partition coefficient (Wildman–Crippen LogP) is 9.19. The van der Waals surface area contributed by atoms with Gasteiger partial charge in [-0.2, -0.15) is 0 Å². The molecule has 0 aliphatic heterocycles. The van der Waals surface area contributed by atoms with Gasteiger partial charge in [-0.05, 0) is 88.7 Å². The van der Waals surface area contributed by atoms with Gasteiger partial charge >= 0.3 is 0 Å². The Morgan fingerprint density at radius 3 is 1.34 bits per heavy atom. The first-order chi connectivity index (χ1) is 18.0. The van der Waals surface area contributed by atoms with E-state index in [0.717, 1.165) is 27.9 Å². The monoisotopic (exact) mass is 527 g/mol. The maximum atomic E-state index is 6.62. The normalized spacial score (nSPS) is 11.9. The molecule has 0 heterocycles. The molecule has 0 amide bonds. The second kappa shape index (κ2) is 11.2. The molecule has 0 aromatic heterocycles. The fourth-order valence-corrected chi connectivity index (χ4v) is 6.33. The van der Waals surface area contributed by atoms with Gasteiger partial charge in [0.05, 0.1) is 14.2 Å². The number of methoxy groups -OCH3 is 2. The van der Waals surface area contributed by atoms with Gasteiger partial charge < -0.3 is 14.2 Å². The molecule has 0 radical (unpaired) electrons. The minimum atomic E-state index is -0.420. The smallest absolute Gasteiger partial charge is 0.209 e. The van der Waals surface area contributed by atoms with Crippen molar-refractivity contribution < 1.29 is 14.2 Å². The molecule has 198 valence electrons. The summed E-state index contributed by atoms with van der Waals surface area (Å²) < 4.78 is 17.5. The second-order valence-corrected chi connectivity index (χ2v) is 13.4. The summed E-state index contributed by atoms with van der Waals surface area (Å²) in [6.45, 7) is 13.4. The van der Waals surface area contributed by atoms with Crippen molar-refractivity contribution in [1.29, 1.82) is 0 Å². The van der Waals surface area contributed by atoms with Crippen LogP contribution in [0.5, 0.6) is 23.0 Å². The lowest BCUT2D eigenvalue weighted by atomic mass is 9.87. The van der Waals surface area contributed by atoms with Gasteiger partial charge in [0.1, 0.15) is 28.1 Å². The minimum Gasteiger partial charge on any atom is -0.497 e. The molecule has 0 saturated carbocycles. The molecule has 4 aromatic rings. The molecule has 0 bridgehead atoms. The maximum Gasteiger partial charge on any atom is 0.209 e. The topological polar surface area (TPSA) is 27.7 Å². The highest BCUT2D eigenvalue weighted by Gasteiger charge is 2.34. The molecular weight excluding hydrogens is 488 g/mol. The van der Waals surface area contributed by atoms with Crippen molar-refractivity contribution in [1.82, 2.24) is 0 Å². The van der Waals surface area contributed by atoms with Crippen molar-refractivity contribution in [3.63, 3.8) is 0 Å². The number of rotatable bonds is 7. The van der Waals surface area contributed by atoms with E-state index < -0.39 is 10.9 Å². The SMILES string of the molecule is COc1ccc([S+](c2ccc(OC)cc2)c2cc(C(C)(C)C)ccc2Oc2ccc(C(C)(C)C)cc2)cc1. The third kappa shape index (κ3) is 6.36. The average Bonchev–Trinajstić information content (AvgIpc) is 2.89. The molecule has 0 atom stereocenters. The lowest BCUT2D eigenvalue weighted by molar-refractivity contribution is 0.414. The summed E-state index contributed by atoms with van der Waals surface area (Å²) in [5.74, 6) is 3.36. The fourth-order valence-electron chi connectivity index (χ4n) is 4.18. The molecule has 4 aromatic carbocycles. The van der Waals surface area contributed by atoms with Crippen molar-refractivity contribution in [2.24, 2.45) is 0 Å². The summed E-state index contributed by atoms with van der Waals surface area (Å²) in [7, 11) is 2.97. The van der Waals surface area contributed by atoms with Crippen LogP contribution in [0.1, 0.15) is 52.7 Å². The number of hydrogen-bond acceptors (Lipinski definition) is 3. The molecular formula is C34H39O3S+. The van der Waals surface area contributed by atoms with Gasteiger partial charge in [0.2, 0.25) is 4.90 Å². The second-order valence-electron chi connectivity index (χ2n) is 11.4. The molecule has 0 saturated heterocycles. The van der Waals surface area contributed by atoms with Crippen molar-refractivity contribution in [2.75, 3.05) is 14.2 Å². The van der Waals surface area contributed by atoms with E-state index in [1.54, 1.807) is 14.2 Å². The van der Waals surface area contributed by atoms with Gasteiger partial charge in [-0.15, -0.1) is 0 Å². The summed E-state index contributed by atoms with van der Waals surface area (Å²) in [5.41, 5.74) is 2.64. The molecule has 0 spiro atoms. The Kier molecular flexibility index (Phi) is 8.13. The average molecular weight is 528 g/mol. The van der Waals surface area contributed by atoms with E-state index in [1.165, 1.54) is 20.9 Å². The van der Waals surface area contributed by atoms with Crippen molar-refractivity contribution >= 4 is 10.9 Å². The molecule has 38 heavy (non-hydrogen) atoms. The molecule has 0 fully saturated rings. The Balaban J connectivity index is 1.87. The maximum absolute atomic E-state index is 6.62. The molecule has 4 rings (SSSR count). The zero-order valence-corrected chi connectivity index (χ0v) is 24.6. The third-order valence-corrected chi connectivity index (χ3v) is 8.81. The van der Waals surface area contributed by atoms with Gasteiger partial charge in [-0.25, -0.2) is 0 Å². The Bertz CT molecular complexity index is 1300. The van der Waals surface area contributed by atoms with E-state index in [9.17, 15) is 0 Å². The van der Waals surface area contributed by atoms with Crippen LogP contribution in [-0.4, -0.2) is 14.2 Å². The Morgan fingerprint density at radius 1 is 0.500 bits per heavy atom. The highest BCUT2D eigenvalue weighted by atomic mass is 32.2. The number of ether oxygens (including phenoxy) is 3. The van der Waals surface area contributed by atoms with Gasteiger partial charge in [-0.1, -0.05) is 59.7 Å². The summed E-state index contributed by atoms with van der Waals surface area (Å²) >= 11 is 0. The number of hydrogen-bond donors (Lipinski definition) is 0. The first-order valence-corrected chi connectivity index (χ1v) is 14.2. The first-order valence-electron chi connectivity index (χ1n) is 12.9. The van der Waals surface area contributed by atoms with Crippen LogP contribution in [0.4, 0.5) is 0 Å². The van der Waals surface area contributed by atoms with E-state index >= 15 is 0 Å². The Morgan fingerprint density at radius 2 is 0.921 bits per heavy atom. The van der Waals surface area contributed by atoms with Crippen LogP contribution in [-0.2, 0) is 21.7 Å². The summed E-state index contributed by atoms with van der Waals surface area (Å²) in [6.07, 6.45) is 0. The van der Waals surface area contributed by atoms with Gasteiger partial charge in [0.25, 0.3) is 0 Å². The zero-order chi connectivity index (χ0) is 27.5. The van der Waals surface area contributed by atoms with Gasteiger partial charge in [-0.3, -0.25) is 0 Å². The Hall–Kier alpha value is -3.37. The molecule has 4 heteroatoms. The Labute approximate surface area is 231 Å². The largest absolute Gasteiger partial charge is 0.497 e. The third-order valence-electron chi connectivity index (χ3n) is 6.57. The van der Waals surface area contributed by atoms with E-state index in [0.29, 0.717) is 0 Å². The van der Waals surface area contributed by atoms with Gasteiger partial charge in [0.15, 0.2) is 15.5 Å². The van der Waals surface area contributed by atoms with Crippen LogP contribution in [0.15, 0.2) is 106 Å². The highest BCUT2D eigenvalue weighted by Crippen LogP contribution is 2.41. The van der Waals surface area contributed by atoms with Crippen molar-refractivity contribution in [3.05, 3.63) is 102 Å². The van der Waals surface area contributed by atoms with Crippen molar-refractivity contribution in [2.45, 2.75) is 67.1 Å². The van der Waals surface area contributed by atoms with E-state index in [-0.39, 0.29) is 10.8 Å². The lowest BCUT2D eigenvalue weighted by Crippen LogP contribution is -2.14. The van der Waals surface area contributed by atoms with Crippen molar-refractivity contribution in [3.8, 4) is 23.0 Å². The molecule has 0 unspecified atom stereocenters. The summed E-state index contributed by atoms with van der Waals surface area (Å²) in [5, 5.41) is 0. The first kappa shape index (κ1) is 27.7.